The lowest BCUT2D eigenvalue weighted by Gasteiger charge is -2.41. The van der Waals surface area contributed by atoms with Crippen molar-refractivity contribution in [2.45, 2.75) is 24.2 Å². The summed E-state index contributed by atoms with van der Waals surface area (Å²) in [7, 11) is 1.75. The van der Waals surface area contributed by atoms with E-state index in [2.05, 4.69) is 31.7 Å². The molecule has 30 heavy (non-hydrogen) atoms. The van der Waals surface area contributed by atoms with E-state index in [0.717, 1.165) is 31.5 Å². The zero-order valence-electron chi connectivity index (χ0n) is 16.7. The number of piperidine rings is 1. The molecule has 2 fully saturated rings. The Kier molecular flexibility index (Phi) is 5.35. The fraction of sp³-hybridized carbons (Fsp3) is 0.429. The first-order chi connectivity index (χ1) is 14.4. The van der Waals surface area contributed by atoms with Crippen LogP contribution in [0.3, 0.4) is 0 Å². The zero-order chi connectivity index (χ0) is 21.2. The normalized spacial score (nSPS) is 19.9. The molecule has 0 saturated carbocycles. The highest BCUT2D eigenvalue weighted by Gasteiger charge is 2.45. The molecule has 0 atom stereocenters. The van der Waals surface area contributed by atoms with Gasteiger partial charge in [0.2, 0.25) is 0 Å². The minimum absolute atomic E-state index is 0.288. The van der Waals surface area contributed by atoms with Gasteiger partial charge in [0.25, 0.3) is 5.92 Å². The van der Waals surface area contributed by atoms with E-state index in [-0.39, 0.29) is 18.5 Å². The third-order valence-electron chi connectivity index (χ3n) is 5.57. The summed E-state index contributed by atoms with van der Waals surface area (Å²) >= 11 is 0. The smallest absolute Gasteiger partial charge is 0.282 e. The van der Waals surface area contributed by atoms with Gasteiger partial charge in [-0.25, -0.2) is 18.7 Å². The van der Waals surface area contributed by atoms with Gasteiger partial charge in [-0.05, 0) is 55.8 Å². The Morgan fingerprint density at radius 3 is 2.67 bits per heavy atom. The number of alkyl halides is 2. The fourth-order valence-electron chi connectivity index (χ4n) is 4.02. The maximum atomic E-state index is 13.5. The summed E-state index contributed by atoms with van der Waals surface area (Å²) < 4.78 is 27.0. The Morgan fingerprint density at radius 1 is 1.23 bits per heavy atom. The predicted molar refractivity (Wildman–Crippen MR) is 112 cm³/mol. The van der Waals surface area contributed by atoms with E-state index in [0.29, 0.717) is 23.0 Å². The second kappa shape index (κ2) is 7.95. The Hall–Kier alpha value is -3.12. The van der Waals surface area contributed by atoms with E-state index >= 15 is 0 Å². The summed E-state index contributed by atoms with van der Waals surface area (Å²) in [5, 5.41) is 15.6. The second-order valence-electron chi connectivity index (χ2n) is 7.77. The van der Waals surface area contributed by atoms with Crippen LogP contribution < -0.4 is 15.5 Å². The van der Waals surface area contributed by atoms with Crippen LogP contribution in [0.4, 0.5) is 26.2 Å². The van der Waals surface area contributed by atoms with Crippen molar-refractivity contribution in [3.05, 3.63) is 41.6 Å². The molecule has 2 aliphatic heterocycles. The Morgan fingerprint density at radius 2 is 2.00 bits per heavy atom. The van der Waals surface area contributed by atoms with Gasteiger partial charge in [-0.3, -0.25) is 4.99 Å². The second-order valence-corrected chi connectivity index (χ2v) is 7.77. The maximum absolute atomic E-state index is 13.5. The van der Waals surface area contributed by atoms with Gasteiger partial charge in [0.05, 0.1) is 24.7 Å². The molecule has 0 spiro atoms. The summed E-state index contributed by atoms with van der Waals surface area (Å²) in [5.41, 5.74) is 1.16. The van der Waals surface area contributed by atoms with E-state index in [4.69, 9.17) is 5.26 Å². The number of halogens is 2. The van der Waals surface area contributed by atoms with Crippen LogP contribution in [-0.4, -0.2) is 55.3 Å². The average Bonchev–Trinajstić information content (AvgIpc) is 2.73. The molecule has 0 aromatic carbocycles. The molecular formula is C21H23F2N7. The number of aromatic nitrogens is 2. The van der Waals surface area contributed by atoms with Crippen LogP contribution in [0.5, 0.6) is 0 Å². The number of hydrogen-bond acceptors (Lipinski definition) is 7. The van der Waals surface area contributed by atoms with Crippen molar-refractivity contribution < 1.29 is 8.78 Å². The van der Waals surface area contributed by atoms with E-state index < -0.39 is 5.92 Å². The van der Waals surface area contributed by atoms with Gasteiger partial charge in [-0.2, -0.15) is 5.26 Å². The van der Waals surface area contributed by atoms with Crippen molar-refractivity contribution in [3.8, 4) is 6.07 Å². The molecule has 4 rings (SSSR count). The number of aliphatic imine (C=N–C) groups is 1. The lowest BCUT2D eigenvalue weighted by Crippen LogP contribution is -2.56. The SMILES string of the molecule is CN=CC1(c2cc(Nc3cc(C#N)ccn3)nc(N3CC(F)(F)C3)c2)CCNCC1. The van der Waals surface area contributed by atoms with Crippen LogP contribution in [0.15, 0.2) is 35.5 Å². The first kappa shape index (κ1) is 20.2. The van der Waals surface area contributed by atoms with Crippen molar-refractivity contribution in [3.63, 3.8) is 0 Å². The van der Waals surface area contributed by atoms with Crippen LogP contribution in [0.2, 0.25) is 0 Å². The first-order valence-corrected chi connectivity index (χ1v) is 9.86. The van der Waals surface area contributed by atoms with Crippen molar-refractivity contribution in [1.82, 2.24) is 15.3 Å². The van der Waals surface area contributed by atoms with Crippen molar-refractivity contribution in [1.29, 1.82) is 5.26 Å². The summed E-state index contributed by atoms with van der Waals surface area (Å²) in [6, 6.07) is 9.14. The fourth-order valence-corrected chi connectivity index (χ4v) is 4.02. The number of hydrogen-bond donors (Lipinski definition) is 2. The summed E-state index contributed by atoms with van der Waals surface area (Å²) in [6.45, 7) is 1.00. The molecule has 9 heteroatoms. The third kappa shape index (κ3) is 4.09. The van der Waals surface area contributed by atoms with Crippen LogP contribution in [0, 0.1) is 11.3 Å². The number of nitriles is 1. The number of anilines is 3. The molecule has 156 valence electrons. The molecule has 2 saturated heterocycles. The first-order valence-electron chi connectivity index (χ1n) is 9.86. The maximum Gasteiger partial charge on any atom is 0.282 e. The summed E-state index contributed by atoms with van der Waals surface area (Å²) in [4.78, 5) is 14.7. The predicted octanol–water partition coefficient (Wildman–Crippen LogP) is 2.87. The molecule has 0 unspecified atom stereocenters. The van der Waals surface area contributed by atoms with Gasteiger partial charge in [0, 0.05) is 24.9 Å². The zero-order valence-corrected chi connectivity index (χ0v) is 16.7. The van der Waals surface area contributed by atoms with Crippen molar-refractivity contribution >= 4 is 23.7 Å². The quantitative estimate of drug-likeness (QED) is 0.736. The van der Waals surface area contributed by atoms with Crippen molar-refractivity contribution in [2.75, 3.05) is 43.4 Å². The van der Waals surface area contributed by atoms with E-state index in [1.54, 1.807) is 30.3 Å². The van der Waals surface area contributed by atoms with Crippen LogP contribution in [0.25, 0.3) is 0 Å². The average molecular weight is 411 g/mol. The minimum atomic E-state index is -2.69. The molecule has 2 aliphatic rings. The van der Waals surface area contributed by atoms with Gasteiger partial charge in [0.15, 0.2) is 0 Å². The monoisotopic (exact) mass is 411 g/mol. The molecular weight excluding hydrogens is 388 g/mol. The highest BCUT2D eigenvalue weighted by molar-refractivity contribution is 5.76. The standard InChI is InChI=1S/C21H23F2N7/c1-25-12-20(3-6-26-7-4-20)16-9-18(28-17-8-15(11-24)2-5-27-17)29-19(10-16)30-13-21(22,23)14-30/h2,5,8-10,12,26H,3-4,6-7,13-14H2,1H3,(H,27,28,29). The lowest BCUT2D eigenvalue weighted by atomic mass is 9.74. The Labute approximate surface area is 173 Å². The summed E-state index contributed by atoms with van der Waals surface area (Å²) in [5.74, 6) is -1.21. The van der Waals surface area contributed by atoms with Crippen LogP contribution in [0.1, 0.15) is 24.0 Å². The molecule has 2 aromatic rings. The Balaban J connectivity index is 1.73. The molecule has 7 nitrogen and oxygen atoms in total. The number of pyridine rings is 2. The van der Waals surface area contributed by atoms with Crippen molar-refractivity contribution in [2.24, 2.45) is 4.99 Å². The molecule has 0 radical (unpaired) electrons. The van der Waals surface area contributed by atoms with Gasteiger partial charge >= 0.3 is 0 Å². The van der Waals surface area contributed by atoms with E-state index in [9.17, 15) is 8.78 Å². The molecule has 2 aromatic heterocycles. The highest BCUT2D eigenvalue weighted by atomic mass is 19.3. The number of nitrogens with zero attached hydrogens (tertiary/aromatic N) is 5. The van der Waals surface area contributed by atoms with E-state index in [1.807, 2.05) is 18.3 Å². The largest absolute Gasteiger partial charge is 0.344 e. The lowest BCUT2D eigenvalue weighted by molar-refractivity contribution is -0.0267. The molecule has 0 amide bonds. The van der Waals surface area contributed by atoms with Gasteiger partial charge in [0.1, 0.15) is 17.5 Å². The van der Waals surface area contributed by atoms with Gasteiger partial charge in [-0.15, -0.1) is 0 Å². The molecule has 0 aliphatic carbocycles. The molecule has 2 N–H and O–H groups in total. The minimum Gasteiger partial charge on any atom is -0.344 e. The molecule has 0 bridgehead atoms. The Bertz CT molecular complexity index is 985. The van der Waals surface area contributed by atoms with Gasteiger partial charge in [-0.1, -0.05) is 0 Å². The third-order valence-corrected chi connectivity index (χ3v) is 5.57. The number of nitrogens with one attached hydrogen (secondary N) is 2. The van der Waals surface area contributed by atoms with Crippen LogP contribution >= 0.6 is 0 Å². The molecule has 4 heterocycles. The number of rotatable bonds is 5. The van der Waals surface area contributed by atoms with E-state index in [1.165, 1.54) is 0 Å². The topological polar surface area (TPSA) is 89.2 Å². The van der Waals surface area contributed by atoms with Gasteiger partial charge < -0.3 is 15.5 Å². The highest BCUT2D eigenvalue weighted by Crippen LogP contribution is 2.38. The summed E-state index contributed by atoms with van der Waals surface area (Å²) in [6.07, 6.45) is 5.20. The van der Waals surface area contributed by atoms with Crippen LogP contribution in [-0.2, 0) is 5.41 Å².